The quantitative estimate of drug-likeness (QED) is 0.438. The first-order chi connectivity index (χ1) is 9.88. The van der Waals surface area contributed by atoms with Crippen LogP contribution in [0.1, 0.15) is 17.5 Å². The van der Waals surface area contributed by atoms with E-state index in [2.05, 4.69) is 29.4 Å². The van der Waals surface area contributed by atoms with Gasteiger partial charge in [-0.2, -0.15) is 5.10 Å². The van der Waals surface area contributed by atoms with Crippen LogP contribution in [0.25, 0.3) is 0 Å². The fraction of sp³-hybridized carbons (Fsp3) is 0.176. The second-order valence-electron chi connectivity index (χ2n) is 4.49. The number of aldehydes is 1. The molecule has 0 fully saturated rings. The van der Waals surface area contributed by atoms with E-state index in [9.17, 15) is 4.79 Å². The van der Waals surface area contributed by atoms with E-state index in [1.54, 1.807) is 6.21 Å². The topological polar surface area (TPSA) is 32.7 Å². The van der Waals surface area contributed by atoms with Crippen molar-refractivity contribution in [3.63, 3.8) is 0 Å². The second kappa shape index (κ2) is 7.89. The molecule has 0 bridgehead atoms. The molecule has 0 amide bonds. The van der Waals surface area contributed by atoms with Crippen LogP contribution in [0.4, 0.5) is 0 Å². The molecular weight excluding hydrogens is 248 g/mol. The Morgan fingerprint density at radius 1 is 0.850 bits per heavy atom. The maximum absolute atomic E-state index is 10.4. The van der Waals surface area contributed by atoms with Gasteiger partial charge in [0.15, 0.2) is 0 Å². The molecule has 0 atom stereocenters. The summed E-state index contributed by atoms with van der Waals surface area (Å²) in [6, 6.07) is 20.4. The number of hydrogen-bond acceptors (Lipinski definition) is 3. The highest BCUT2D eigenvalue weighted by Crippen LogP contribution is 2.10. The predicted octanol–water partition coefficient (Wildman–Crippen LogP) is 3.26. The molecule has 0 N–H and O–H groups in total. The summed E-state index contributed by atoms with van der Waals surface area (Å²) in [6.07, 6.45) is 2.85. The lowest BCUT2D eigenvalue weighted by molar-refractivity contribution is -0.106. The highest BCUT2D eigenvalue weighted by Gasteiger charge is 2.03. The van der Waals surface area contributed by atoms with Gasteiger partial charge in [-0.05, 0) is 11.1 Å². The standard InChI is InChI=1S/C17H18N2O/c20-13-7-12-18-19(14-16-8-3-1-4-9-16)15-17-10-5-2-6-11-17/h1-6,8-13H,7,14-15H2. The fourth-order valence-electron chi connectivity index (χ4n) is 1.93. The van der Waals surface area contributed by atoms with Gasteiger partial charge in [-0.25, -0.2) is 0 Å². The second-order valence-corrected chi connectivity index (χ2v) is 4.49. The van der Waals surface area contributed by atoms with Crippen LogP contribution >= 0.6 is 0 Å². The molecule has 0 saturated carbocycles. The first-order valence-electron chi connectivity index (χ1n) is 6.67. The number of carbonyl (C=O) groups is 1. The lowest BCUT2D eigenvalue weighted by Gasteiger charge is -2.19. The molecular formula is C17H18N2O. The van der Waals surface area contributed by atoms with E-state index in [0.29, 0.717) is 6.42 Å². The normalized spacial score (nSPS) is 10.6. The molecule has 3 heteroatoms. The maximum atomic E-state index is 10.4. The average Bonchev–Trinajstić information content (AvgIpc) is 2.49. The van der Waals surface area contributed by atoms with Crippen LogP contribution in [-0.4, -0.2) is 17.5 Å². The van der Waals surface area contributed by atoms with Crippen molar-refractivity contribution in [3.8, 4) is 0 Å². The SMILES string of the molecule is O=CCC=NN(Cc1ccccc1)Cc1ccccc1. The Morgan fingerprint density at radius 3 is 1.80 bits per heavy atom. The molecule has 0 unspecified atom stereocenters. The average molecular weight is 266 g/mol. The van der Waals surface area contributed by atoms with Crippen molar-refractivity contribution in [2.75, 3.05) is 0 Å². The van der Waals surface area contributed by atoms with Crippen LogP contribution in [0, 0.1) is 0 Å². The molecule has 0 spiro atoms. The molecule has 2 aromatic carbocycles. The lowest BCUT2D eigenvalue weighted by atomic mass is 10.2. The number of hydrogen-bond donors (Lipinski definition) is 0. The Hall–Kier alpha value is -2.42. The van der Waals surface area contributed by atoms with Crippen LogP contribution in [0.3, 0.4) is 0 Å². The molecule has 2 aromatic rings. The van der Waals surface area contributed by atoms with E-state index in [1.807, 2.05) is 41.4 Å². The summed E-state index contributed by atoms with van der Waals surface area (Å²) < 4.78 is 0. The van der Waals surface area contributed by atoms with Gasteiger partial charge in [-0.1, -0.05) is 60.7 Å². The Morgan fingerprint density at radius 2 is 1.35 bits per heavy atom. The number of rotatable bonds is 7. The van der Waals surface area contributed by atoms with Gasteiger partial charge in [-0.3, -0.25) is 5.01 Å². The van der Waals surface area contributed by atoms with E-state index in [0.717, 1.165) is 19.4 Å². The van der Waals surface area contributed by atoms with Crippen molar-refractivity contribution in [1.29, 1.82) is 0 Å². The van der Waals surface area contributed by atoms with E-state index in [1.165, 1.54) is 11.1 Å². The molecule has 0 aliphatic rings. The third-order valence-electron chi connectivity index (χ3n) is 2.86. The summed E-state index contributed by atoms with van der Waals surface area (Å²) >= 11 is 0. The fourth-order valence-corrected chi connectivity index (χ4v) is 1.93. The monoisotopic (exact) mass is 266 g/mol. The molecule has 3 nitrogen and oxygen atoms in total. The highest BCUT2D eigenvalue weighted by atomic mass is 16.1. The number of nitrogens with zero attached hydrogens (tertiary/aromatic N) is 2. The van der Waals surface area contributed by atoms with Crippen LogP contribution in [0.2, 0.25) is 0 Å². The maximum Gasteiger partial charge on any atom is 0.125 e. The number of carbonyl (C=O) groups excluding carboxylic acids is 1. The summed E-state index contributed by atoms with van der Waals surface area (Å²) in [5.74, 6) is 0. The van der Waals surface area contributed by atoms with E-state index >= 15 is 0 Å². The molecule has 0 heterocycles. The van der Waals surface area contributed by atoms with E-state index in [4.69, 9.17) is 0 Å². The minimum absolute atomic E-state index is 0.347. The van der Waals surface area contributed by atoms with Gasteiger partial charge in [0.25, 0.3) is 0 Å². The van der Waals surface area contributed by atoms with E-state index in [-0.39, 0.29) is 0 Å². The summed E-state index contributed by atoms with van der Waals surface area (Å²) in [4.78, 5) is 10.4. The molecule has 20 heavy (non-hydrogen) atoms. The molecule has 0 aliphatic heterocycles. The molecule has 102 valence electrons. The van der Waals surface area contributed by atoms with Gasteiger partial charge in [0.2, 0.25) is 0 Å². The summed E-state index contributed by atoms with van der Waals surface area (Å²) in [5.41, 5.74) is 2.40. The van der Waals surface area contributed by atoms with Crippen molar-refractivity contribution >= 4 is 12.5 Å². The van der Waals surface area contributed by atoms with Crippen molar-refractivity contribution in [3.05, 3.63) is 71.8 Å². The molecule has 0 aliphatic carbocycles. The summed E-state index contributed by atoms with van der Waals surface area (Å²) in [5, 5.41) is 6.35. The number of benzene rings is 2. The molecule has 0 saturated heterocycles. The Balaban J connectivity index is 2.06. The Labute approximate surface area is 119 Å². The van der Waals surface area contributed by atoms with Crippen LogP contribution in [-0.2, 0) is 17.9 Å². The number of hydrazone groups is 1. The molecule has 2 rings (SSSR count). The van der Waals surface area contributed by atoms with Crippen molar-refractivity contribution in [1.82, 2.24) is 5.01 Å². The minimum atomic E-state index is 0.347. The molecule has 0 radical (unpaired) electrons. The Bertz CT molecular complexity index is 496. The van der Waals surface area contributed by atoms with Gasteiger partial charge in [-0.15, -0.1) is 0 Å². The van der Waals surface area contributed by atoms with Gasteiger partial charge in [0, 0.05) is 12.6 Å². The first kappa shape index (κ1) is 14.0. The molecule has 0 aromatic heterocycles. The van der Waals surface area contributed by atoms with Crippen molar-refractivity contribution in [2.45, 2.75) is 19.5 Å². The predicted molar refractivity (Wildman–Crippen MR) is 81.3 cm³/mol. The van der Waals surface area contributed by atoms with Crippen molar-refractivity contribution < 1.29 is 4.79 Å². The highest BCUT2D eigenvalue weighted by molar-refractivity contribution is 5.75. The van der Waals surface area contributed by atoms with Crippen LogP contribution in [0.5, 0.6) is 0 Å². The minimum Gasteiger partial charge on any atom is -0.303 e. The summed E-state index contributed by atoms with van der Waals surface area (Å²) in [7, 11) is 0. The van der Waals surface area contributed by atoms with Crippen LogP contribution < -0.4 is 0 Å². The third-order valence-corrected chi connectivity index (χ3v) is 2.86. The smallest absolute Gasteiger partial charge is 0.125 e. The first-order valence-corrected chi connectivity index (χ1v) is 6.67. The van der Waals surface area contributed by atoms with Gasteiger partial charge >= 0.3 is 0 Å². The van der Waals surface area contributed by atoms with E-state index < -0.39 is 0 Å². The van der Waals surface area contributed by atoms with Crippen molar-refractivity contribution in [2.24, 2.45) is 5.10 Å². The van der Waals surface area contributed by atoms with Gasteiger partial charge in [0.1, 0.15) is 6.29 Å². The van der Waals surface area contributed by atoms with Gasteiger partial charge in [0.05, 0.1) is 13.1 Å². The zero-order valence-corrected chi connectivity index (χ0v) is 11.4. The lowest BCUT2D eigenvalue weighted by Crippen LogP contribution is -2.16. The largest absolute Gasteiger partial charge is 0.303 e. The van der Waals surface area contributed by atoms with Crippen LogP contribution in [0.15, 0.2) is 65.8 Å². The van der Waals surface area contributed by atoms with Gasteiger partial charge < -0.3 is 4.79 Å². The Kier molecular flexibility index (Phi) is 5.53. The third kappa shape index (κ3) is 4.69. The zero-order chi connectivity index (χ0) is 14.0. The summed E-state index contributed by atoms with van der Waals surface area (Å²) in [6.45, 7) is 1.45. The zero-order valence-electron chi connectivity index (χ0n) is 11.4.